The molecule has 1 aromatic rings. The number of nitrogens with one attached hydrogen (secondary N) is 2. The summed E-state index contributed by atoms with van der Waals surface area (Å²) in [7, 11) is -1.37. The Morgan fingerprint density at radius 3 is 2.25 bits per heavy atom. The van der Waals surface area contributed by atoms with Gasteiger partial charge in [0, 0.05) is 25.3 Å². The summed E-state index contributed by atoms with van der Waals surface area (Å²) in [6.45, 7) is 2.87. The summed E-state index contributed by atoms with van der Waals surface area (Å²) in [6.07, 6.45) is 1.17. The van der Waals surface area contributed by atoms with Crippen LogP contribution in [0, 0.1) is 5.92 Å². The van der Waals surface area contributed by atoms with E-state index in [1.54, 1.807) is 31.3 Å². The Bertz CT molecular complexity index is 529. The molecule has 0 heterocycles. The van der Waals surface area contributed by atoms with Gasteiger partial charge in [-0.3, -0.25) is 4.79 Å². The van der Waals surface area contributed by atoms with Crippen molar-refractivity contribution in [1.29, 1.82) is 0 Å². The van der Waals surface area contributed by atoms with Gasteiger partial charge in [0.2, 0.25) is 5.91 Å². The molecule has 1 rings (SSSR count). The first-order valence-corrected chi connectivity index (χ1v) is 7.95. The van der Waals surface area contributed by atoms with Gasteiger partial charge in [-0.15, -0.1) is 12.4 Å². The van der Waals surface area contributed by atoms with E-state index in [0.717, 1.165) is 5.56 Å². The van der Waals surface area contributed by atoms with Crippen LogP contribution in [0.1, 0.15) is 12.5 Å². The molecule has 0 bridgehead atoms. The number of hydrogen-bond donors (Lipinski definition) is 2. The lowest BCUT2D eigenvalue weighted by Gasteiger charge is -2.11. The Labute approximate surface area is 126 Å². The van der Waals surface area contributed by atoms with E-state index in [1.807, 2.05) is 6.92 Å². The van der Waals surface area contributed by atoms with Gasteiger partial charge >= 0.3 is 0 Å². The van der Waals surface area contributed by atoms with E-state index in [0.29, 0.717) is 13.1 Å². The van der Waals surface area contributed by atoms with Crippen LogP contribution in [-0.4, -0.2) is 34.2 Å². The SMILES string of the molecule is CNCC(C)C(=O)NCc1ccc(S(C)(=O)=O)cc1.Cl. The number of amides is 1. The fourth-order valence-electron chi connectivity index (χ4n) is 1.62. The van der Waals surface area contributed by atoms with Crippen molar-refractivity contribution >= 4 is 28.2 Å². The molecule has 0 aliphatic carbocycles. The summed E-state index contributed by atoms with van der Waals surface area (Å²) < 4.78 is 22.6. The molecule has 1 amide bonds. The number of sulfone groups is 1. The van der Waals surface area contributed by atoms with E-state index in [2.05, 4.69) is 10.6 Å². The van der Waals surface area contributed by atoms with E-state index in [1.165, 1.54) is 6.26 Å². The minimum atomic E-state index is -3.17. The molecule has 0 radical (unpaired) electrons. The van der Waals surface area contributed by atoms with Crippen molar-refractivity contribution in [2.24, 2.45) is 5.92 Å². The van der Waals surface area contributed by atoms with Crippen LogP contribution in [0.3, 0.4) is 0 Å². The lowest BCUT2D eigenvalue weighted by atomic mass is 10.1. The first-order chi connectivity index (χ1) is 8.84. The van der Waals surface area contributed by atoms with Gasteiger partial charge in [0.05, 0.1) is 4.90 Å². The van der Waals surface area contributed by atoms with E-state index in [9.17, 15) is 13.2 Å². The molecule has 7 heteroatoms. The third kappa shape index (κ3) is 5.90. The minimum Gasteiger partial charge on any atom is -0.352 e. The third-order valence-corrected chi connectivity index (χ3v) is 3.90. The van der Waals surface area contributed by atoms with Gasteiger partial charge in [0.25, 0.3) is 0 Å². The molecule has 0 saturated carbocycles. The number of rotatable bonds is 6. The van der Waals surface area contributed by atoms with E-state index < -0.39 is 9.84 Å². The molecule has 0 saturated heterocycles. The molecule has 1 aromatic carbocycles. The second-order valence-electron chi connectivity index (χ2n) is 4.59. The summed E-state index contributed by atoms with van der Waals surface area (Å²) in [5.74, 6) is -0.123. The average molecular weight is 321 g/mol. The summed E-state index contributed by atoms with van der Waals surface area (Å²) in [6, 6.07) is 6.51. The minimum absolute atomic E-state index is 0. The maximum atomic E-state index is 11.7. The van der Waals surface area contributed by atoms with Crippen LogP contribution in [0.2, 0.25) is 0 Å². The molecule has 20 heavy (non-hydrogen) atoms. The van der Waals surface area contributed by atoms with Gasteiger partial charge in [0.15, 0.2) is 9.84 Å². The molecule has 1 unspecified atom stereocenters. The van der Waals surface area contributed by atoms with E-state index in [-0.39, 0.29) is 29.1 Å². The molecule has 0 fully saturated rings. The second-order valence-corrected chi connectivity index (χ2v) is 6.61. The number of carbonyl (C=O) groups is 1. The van der Waals surface area contributed by atoms with Crippen LogP contribution in [-0.2, 0) is 21.2 Å². The van der Waals surface area contributed by atoms with Gasteiger partial charge in [-0.25, -0.2) is 8.42 Å². The quantitative estimate of drug-likeness (QED) is 0.819. The molecule has 0 aromatic heterocycles. The smallest absolute Gasteiger partial charge is 0.224 e. The summed E-state index contributed by atoms with van der Waals surface area (Å²) in [5, 5.41) is 5.76. The first-order valence-electron chi connectivity index (χ1n) is 6.06. The highest BCUT2D eigenvalue weighted by atomic mass is 35.5. The molecule has 0 aliphatic rings. The molecule has 5 nitrogen and oxygen atoms in total. The fraction of sp³-hybridized carbons (Fsp3) is 0.462. The molecular formula is C13H21ClN2O3S. The topological polar surface area (TPSA) is 75.3 Å². The Hall–Kier alpha value is -1.11. The van der Waals surface area contributed by atoms with E-state index >= 15 is 0 Å². The number of hydrogen-bond acceptors (Lipinski definition) is 4. The number of carbonyl (C=O) groups excluding carboxylic acids is 1. The van der Waals surface area contributed by atoms with Crippen LogP contribution in [0.4, 0.5) is 0 Å². The predicted octanol–water partition coefficient (Wildman–Crippen LogP) is 0.984. The Morgan fingerprint density at radius 2 is 1.80 bits per heavy atom. The van der Waals surface area contributed by atoms with Gasteiger partial charge in [-0.1, -0.05) is 19.1 Å². The molecule has 2 N–H and O–H groups in total. The highest BCUT2D eigenvalue weighted by Crippen LogP contribution is 2.10. The fourth-order valence-corrected chi connectivity index (χ4v) is 2.25. The van der Waals surface area contributed by atoms with Gasteiger partial charge in [-0.05, 0) is 24.7 Å². The van der Waals surface area contributed by atoms with Crippen molar-refractivity contribution in [2.45, 2.75) is 18.4 Å². The van der Waals surface area contributed by atoms with Crippen molar-refractivity contribution < 1.29 is 13.2 Å². The molecule has 114 valence electrons. The van der Waals surface area contributed by atoms with E-state index in [4.69, 9.17) is 0 Å². The van der Waals surface area contributed by atoms with Crippen LogP contribution in [0.5, 0.6) is 0 Å². The Kier molecular flexibility index (Phi) is 7.78. The lowest BCUT2D eigenvalue weighted by Crippen LogP contribution is -2.33. The van der Waals surface area contributed by atoms with Gasteiger partial charge < -0.3 is 10.6 Å². The van der Waals surface area contributed by atoms with Crippen LogP contribution in [0.15, 0.2) is 29.2 Å². The lowest BCUT2D eigenvalue weighted by molar-refractivity contribution is -0.124. The van der Waals surface area contributed by atoms with Crippen molar-refractivity contribution in [1.82, 2.24) is 10.6 Å². The highest BCUT2D eigenvalue weighted by Gasteiger charge is 2.11. The maximum absolute atomic E-state index is 11.7. The Morgan fingerprint density at radius 1 is 1.25 bits per heavy atom. The van der Waals surface area contributed by atoms with Crippen LogP contribution >= 0.6 is 12.4 Å². The molecular weight excluding hydrogens is 300 g/mol. The van der Waals surface area contributed by atoms with Crippen molar-refractivity contribution in [3.05, 3.63) is 29.8 Å². The summed E-state index contributed by atoms with van der Waals surface area (Å²) in [4.78, 5) is 12.0. The zero-order chi connectivity index (χ0) is 14.5. The summed E-state index contributed by atoms with van der Waals surface area (Å²) >= 11 is 0. The van der Waals surface area contributed by atoms with Crippen molar-refractivity contribution in [3.8, 4) is 0 Å². The molecule has 0 spiro atoms. The largest absolute Gasteiger partial charge is 0.352 e. The van der Waals surface area contributed by atoms with Gasteiger partial charge in [-0.2, -0.15) is 0 Å². The zero-order valence-corrected chi connectivity index (χ0v) is 13.5. The highest BCUT2D eigenvalue weighted by molar-refractivity contribution is 7.90. The second kappa shape index (κ2) is 8.24. The molecule has 0 aliphatic heterocycles. The zero-order valence-electron chi connectivity index (χ0n) is 11.8. The standard InChI is InChI=1S/C13H20N2O3S.ClH/c1-10(8-14-2)13(16)15-9-11-4-6-12(7-5-11)19(3,17)18;/h4-7,10,14H,8-9H2,1-3H3,(H,15,16);1H. The Balaban J connectivity index is 0.00000361. The predicted molar refractivity (Wildman–Crippen MR) is 81.7 cm³/mol. The number of benzene rings is 1. The maximum Gasteiger partial charge on any atom is 0.224 e. The summed E-state index contributed by atoms with van der Waals surface area (Å²) in [5.41, 5.74) is 0.873. The third-order valence-electron chi connectivity index (χ3n) is 2.78. The monoisotopic (exact) mass is 320 g/mol. The average Bonchev–Trinajstić information content (AvgIpc) is 2.35. The normalized spacial score (nSPS) is 12.3. The first kappa shape index (κ1) is 18.9. The van der Waals surface area contributed by atoms with Crippen molar-refractivity contribution in [2.75, 3.05) is 19.8 Å². The van der Waals surface area contributed by atoms with Gasteiger partial charge in [0.1, 0.15) is 0 Å². The number of halogens is 1. The molecule has 1 atom stereocenters. The van der Waals surface area contributed by atoms with Crippen molar-refractivity contribution in [3.63, 3.8) is 0 Å². The van der Waals surface area contributed by atoms with Crippen LogP contribution < -0.4 is 10.6 Å². The van der Waals surface area contributed by atoms with Crippen LogP contribution in [0.25, 0.3) is 0 Å².